The molecule has 0 aliphatic rings. The minimum absolute atomic E-state index is 0.00190. The molecule has 0 saturated carbocycles. The van der Waals surface area contributed by atoms with Crippen LogP contribution < -0.4 is 5.32 Å². The molecule has 0 rings (SSSR count). The number of aliphatic hydroxyl groups excluding tert-OH is 2. The van der Waals surface area contributed by atoms with Crippen molar-refractivity contribution >= 4 is 11.9 Å². The summed E-state index contributed by atoms with van der Waals surface area (Å²) in [5.41, 5.74) is 0. The Kier molecular flexibility index (Phi) is 50.1. The zero-order valence-electron chi connectivity index (χ0n) is 41.2. The lowest BCUT2D eigenvalue weighted by Crippen LogP contribution is -2.45. The lowest BCUT2D eigenvalue weighted by molar-refractivity contribution is -0.143. The standard InChI is InChI=1S/C55H107NO5/c1-3-5-7-9-11-13-14-15-16-17-18-19-23-26-29-33-37-41-45-49-55(60)61-50-46-42-38-34-30-27-24-21-20-22-25-28-32-36-40-44-48-54(59)56-52(51-57)53(58)47-43-39-35-31-12-10-8-6-4-2/h20,22,52-53,57-58H,3-19,21,23-51H2,1-2H3,(H,56,59)/b22-20-. The molecule has 0 aliphatic heterocycles. The number of ether oxygens (including phenoxy) is 1. The van der Waals surface area contributed by atoms with Crippen molar-refractivity contribution in [2.45, 2.75) is 315 Å². The predicted octanol–water partition coefficient (Wildman–Crippen LogP) is 16.5. The molecule has 0 fully saturated rings. The van der Waals surface area contributed by atoms with Crippen LogP contribution in [0.15, 0.2) is 12.2 Å². The van der Waals surface area contributed by atoms with Crippen molar-refractivity contribution in [2.75, 3.05) is 13.2 Å². The SMILES string of the molecule is CCCCCCCCCCCCCCCCCCCCCC(=O)OCCCCCCCCC/C=C\CCCCCCCC(=O)NC(CO)C(O)CCCCCCCCCCC. The van der Waals surface area contributed by atoms with Crippen LogP contribution in [0.3, 0.4) is 0 Å². The average molecular weight is 862 g/mol. The summed E-state index contributed by atoms with van der Waals surface area (Å²) in [6, 6.07) is -0.550. The van der Waals surface area contributed by atoms with Crippen LogP contribution in [0.2, 0.25) is 0 Å². The number of unbranched alkanes of at least 4 members (excludes halogenated alkanes) is 38. The van der Waals surface area contributed by atoms with Crippen LogP contribution in [0.25, 0.3) is 0 Å². The molecular formula is C55H107NO5. The third kappa shape index (κ3) is 47.9. The van der Waals surface area contributed by atoms with Crippen molar-refractivity contribution in [3.8, 4) is 0 Å². The highest BCUT2D eigenvalue weighted by atomic mass is 16.5. The average Bonchev–Trinajstić information content (AvgIpc) is 3.26. The largest absolute Gasteiger partial charge is 0.466 e. The van der Waals surface area contributed by atoms with Gasteiger partial charge in [-0.2, -0.15) is 0 Å². The highest BCUT2D eigenvalue weighted by Gasteiger charge is 2.20. The summed E-state index contributed by atoms with van der Waals surface area (Å²) >= 11 is 0. The summed E-state index contributed by atoms with van der Waals surface area (Å²) in [6.07, 6.45) is 59.2. The van der Waals surface area contributed by atoms with E-state index in [1.165, 1.54) is 205 Å². The van der Waals surface area contributed by atoms with Crippen LogP contribution in [0.4, 0.5) is 0 Å². The molecule has 0 aromatic rings. The van der Waals surface area contributed by atoms with Crippen LogP contribution in [0.5, 0.6) is 0 Å². The summed E-state index contributed by atoms with van der Waals surface area (Å²) in [4.78, 5) is 24.5. The minimum Gasteiger partial charge on any atom is -0.466 e. The zero-order chi connectivity index (χ0) is 44.4. The Morgan fingerprint density at radius 1 is 0.443 bits per heavy atom. The van der Waals surface area contributed by atoms with E-state index in [4.69, 9.17) is 4.74 Å². The maximum Gasteiger partial charge on any atom is 0.305 e. The Hall–Kier alpha value is -1.40. The van der Waals surface area contributed by atoms with E-state index in [0.29, 0.717) is 25.9 Å². The lowest BCUT2D eigenvalue weighted by Gasteiger charge is -2.22. The molecule has 6 heteroatoms. The molecule has 0 bridgehead atoms. The number of esters is 1. The molecule has 0 heterocycles. The molecular weight excluding hydrogens is 755 g/mol. The third-order valence-corrected chi connectivity index (χ3v) is 12.8. The summed E-state index contributed by atoms with van der Waals surface area (Å²) < 4.78 is 5.48. The number of amides is 1. The smallest absolute Gasteiger partial charge is 0.305 e. The van der Waals surface area contributed by atoms with Gasteiger partial charge < -0.3 is 20.3 Å². The second-order valence-electron chi connectivity index (χ2n) is 18.9. The second kappa shape index (κ2) is 51.2. The molecule has 3 N–H and O–H groups in total. The number of hydrogen-bond donors (Lipinski definition) is 3. The van der Waals surface area contributed by atoms with Gasteiger partial charge in [0.15, 0.2) is 0 Å². The topological polar surface area (TPSA) is 95.9 Å². The molecule has 2 unspecified atom stereocenters. The van der Waals surface area contributed by atoms with E-state index < -0.39 is 12.1 Å². The fraction of sp³-hybridized carbons (Fsp3) is 0.927. The Morgan fingerprint density at radius 3 is 1.16 bits per heavy atom. The predicted molar refractivity (Wildman–Crippen MR) is 264 cm³/mol. The van der Waals surface area contributed by atoms with Crippen molar-refractivity contribution < 1.29 is 24.5 Å². The van der Waals surface area contributed by atoms with E-state index in [2.05, 4.69) is 31.3 Å². The number of aliphatic hydroxyl groups is 2. The Bertz CT molecular complexity index is 909. The fourth-order valence-corrected chi connectivity index (χ4v) is 8.58. The van der Waals surface area contributed by atoms with Gasteiger partial charge >= 0.3 is 5.97 Å². The maximum absolute atomic E-state index is 12.4. The molecule has 61 heavy (non-hydrogen) atoms. The van der Waals surface area contributed by atoms with Crippen LogP contribution in [-0.4, -0.2) is 47.4 Å². The van der Waals surface area contributed by atoms with E-state index in [0.717, 1.165) is 64.2 Å². The van der Waals surface area contributed by atoms with E-state index >= 15 is 0 Å². The monoisotopic (exact) mass is 862 g/mol. The Morgan fingerprint density at radius 2 is 0.770 bits per heavy atom. The van der Waals surface area contributed by atoms with Gasteiger partial charge in [-0.05, 0) is 51.4 Å². The molecule has 2 atom stereocenters. The van der Waals surface area contributed by atoms with Crippen molar-refractivity contribution in [3.63, 3.8) is 0 Å². The molecule has 0 saturated heterocycles. The van der Waals surface area contributed by atoms with Crippen LogP contribution in [0, 0.1) is 0 Å². The van der Waals surface area contributed by atoms with E-state index in [1.54, 1.807) is 0 Å². The van der Waals surface area contributed by atoms with Gasteiger partial charge in [0.25, 0.3) is 0 Å². The van der Waals surface area contributed by atoms with Gasteiger partial charge in [0.1, 0.15) is 0 Å². The van der Waals surface area contributed by atoms with Gasteiger partial charge in [-0.25, -0.2) is 0 Å². The maximum atomic E-state index is 12.4. The van der Waals surface area contributed by atoms with Crippen molar-refractivity contribution in [3.05, 3.63) is 12.2 Å². The number of nitrogens with one attached hydrogen (secondary N) is 1. The van der Waals surface area contributed by atoms with Crippen molar-refractivity contribution in [1.82, 2.24) is 5.32 Å². The fourth-order valence-electron chi connectivity index (χ4n) is 8.58. The summed E-state index contributed by atoms with van der Waals surface area (Å²) in [5, 5.41) is 23.1. The van der Waals surface area contributed by atoms with Gasteiger partial charge in [-0.15, -0.1) is 0 Å². The summed E-state index contributed by atoms with van der Waals surface area (Å²) in [7, 11) is 0. The van der Waals surface area contributed by atoms with Crippen LogP contribution >= 0.6 is 0 Å². The van der Waals surface area contributed by atoms with Gasteiger partial charge in [0.2, 0.25) is 5.91 Å². The van der Waals surface area contributed by atoms with E-state index in [-0.39, 0.29) is 18.5 Å². The van der Waals surface area contributed by atoms with Gasteiger partial charge in [0.05, 0.1) is 25.4 Å². The molecule has 0 aromatic heterocycles. The first kappa shape index (κ1) is 59.6. The molecule has 6 nitrogen and oxygen atoms in total. The molecule has 0 aliphatic carbocycles. The van der Waals surface area contributed by atoms with Gasteiger partial charge in [0, 0.05) is 12.8 Å². The molecule has 0 radical (unpaired) electrons. The first-order valence-electron chi connectivity index (χ1n) is 27.4. The molecule has 1 amide bonds. The first-order chi connectivity index (χ1) is 30.0. The lowest BCUT2D eigenvalue weighted by atomic mass is 10.0. The number of allylic oxidation sites excluding steroid dienone is 2. The summed E-state index contributed by atoms with van der Waals surface area (Å²) in [6.45, 7) is 4.92. The Labute approximate surface area is 380 Å². The quantitative estimate of drug-likeness (QED) is 0.0322. The van der Waals surface area contributed by atoms with Gasteiger partial charge in [-0.3, -0.25) is 9.59 Å². The second-order valence-corrected chi connectivity index (χ2v) is 18.9. The van der Waals surface area contributed by atoms with Gasteiger partial charge in [-0.1, -0.05) is 251 Å². The number of rotatable bonds is 51. The first-order valence-corrected chi connectivity index (χ1v) is 27.4. The van der Waals surface area contributed by atoms with E-state index in [9.17, 15) is 19.8 Å². The molecule has 0 aromatic carbocycles. The molecule has 0 spiro atoms. The van der Waals surface area contributed by atoms with Crippen molar-refractivity contribution in [1.29, 1.82) is 0 Å². The van der Waals surface area contributed by atoms with Crippen molar-refractivity contribution in [2.24, 2.45) is 0 Å². The van der Waals surface area contributed by atoms with Crippen LogP contribution in [0.1, 0.15) is 303 Å². The van der Waals surface area contributed by atoms with Crippen LogP contribution in [-0.2, 0) is 14.3 Å². The number of hydrogen-bond acceptors (Lipinski definition) is 5. The zero-order valence-corrected chi connectivity index (χ0v) is 41.2. The number of carbonyl (C=O) groups excluding carboxylic acids is 2. The Balaban J connectivity index is 3.40. The number of carbonyl (C=O) groups is 2. The normalized spacial score (nSPS) is 12.7. The third-order valence-electron chi connectivity index (χ3n) is 12.8. The summed E-state index contributed by atoms with van der Waals surface area (Å²) in [5.74, 6) is -0.0518. The highest BCUT2D eigenvalue weighted by molar-refractivity contribution is 5.76. The molecule has 362 valence electrons. The minimum atomic E-state index is -0.671. The highest BCUT2D eigenvalue weighted by Crippen LogP contribution is 2.17. The van der Waals surface area contributed by atoms with E-state index in [1.807, 2.05) is 0 Å².